The molecule has 2 amide bonds. The molecular formula is C17H26N6O3. The highest BCUT2D eigenvalue weighted by Gasteiger charge is 2.31. The van der Waals surface area contributed by atoms with E-state index in [0.29, 0.717) is 30.7 Å². The number of hydrogen-bond donors (Lipinski definition) is 2. The normalized spacial score (nSPS) is 16.7. The molecule has 1 aliphatic heterocycles. The standard InChI is InChI=1S/C17H26N6O3/c1-10(2)15-20-16(26-22-15)14(12-5-7-25-8-6-12)19-17(24)18-13-9-11(3)23(4)21-13/h9-10,12,14H,5-8H2,1-4H3,(H2,18,19,21,24). The van der Waals surface area contributed by atoms with Crippen LogP contribution in [0.2, 0.25) is 0 Å². The number of nitrogens with zero attached hydrogens (tertiary/aromatic N) is 4. The quantitative estimate of drug-likeness (QED) is 0.846. The zero-order valence-corrected chi connectivity index (χ0v) is 15.7. The summed E-state index contributed by atoms with van der Waals surface area (Å²) in [5.41, 5.74) is 0.958. The summed E-state index contributed by atoms with van der Waals surface area (Å²) in [6, 6.07) is 1.11. The summed E-state index contributed by atoms with van der Waals surface area (Å²) in [7, 11) is 1.83. The Kier molecular flexibility index (Phi) is 5.55. The Morgan fingerprint density at radius 2 is 2.08 bits per heavy atom. The van der Waals surface area contributed by atoms with E-state index in [1.807, 2.05) is 33.9 Å². The highest BCUT2D eigenvalue weighted by atomic mass is 16.5. The van der Waals surface area contributed by atoms with E-state index >= 15 is 0 Å². The molecule has 9 heteroatoms. The lowest BCUT2D eigenvalue weighted by Gasteiger charge is -2.28. The molecule has 2 aromatic heterocycles. The number of amides is 2. The van der Waals surface area contributed by atoms with Crippen molar-refractivity contribution in [2.45, 2.75) is 45.6 Å². The maximum absolute atomic E-state index is 12.5. The molecular weight excluding hydrogens is 336 g/mol. The maximum Gasteiger partial charge on any atom is 0.321 e. The second-order valence-corrected chi connectivity index (χ2v) is 6.97. The van der Waals surface area contributed by atoms with Gasteiger partial charge in [-0.3, -0.25) is 10.00 Å². The third kappa shape index (κ3) is 4.21. The van der Waals surface area contributed by atoms with Gasteiger partial charge in [0.15, 0.2) is 11.6 Å². The van der Waals surface area contributed by atoms with Gasteiger partial charge in [-0.15, -0.1) is 0 Å². The number of carbonyl (C=O) groups excluding carboxylic acids is 1. The summed E-state index contributed by atoms with van der Waals surface area (Å²) < 4.78 is 12.6. The van der Waals surface area contributed by atoms with Crippen molar-refractivity contribution in [1.29, 1.82) is 0 Å². The molecule has 142 valence electrons. The van der Waals surface area contributed by atoms with Crippen LogP contribution in [0.3, 0.4) is 0 Å². The number of rotatable bonds is 5. The van der Waals surface area contributed by atoms with Gasteiger partial charge in [0.05, 0.1) is 0 Å². The lowest BCUT2D eigenvalue weighted by molar-refractivity contribution is 0.0506. The van der Waals surface area contributed by atoms with Gasteiger partial charge in [-0.25, -0.2) is 4.79 Å². The molecule has 2 N–H and O–H groups in total. The average Bonchev–Trinajstić information content (AvgIpc) is 3.21. The molecule has 1 atom stereocenters. The highest BCUT2D eigenvalue weighted by molar-refractivity contribution is 5.88. The molecule has 0 saturated carbocycles. The zero-order chi connectivity index (χ0) is 18.7. The third-order valence-electron chi connectivity index (χ3n) is 4.62. The minimum atomic E-state index is -0.358. The molecule has 2 aromatic rings. The fraction of sp³-hybridized carbons (Fsp3) is 0.647. The van der Waals surface area contributed by atoms with Gasteiger partial charge in [0.1, 0.15) is 6.04 Å². The number of aromatic nitrogens is 4. The molecule has 0 aromatic carbocycles. The summed E-state index contributed by atoms with van der Waals surface area (Å²) in [6.07, 6.45) is 1.65. The smallest absolute Gasteiger partial charge is 0.321 e. The Hall–Kier alpha value is -2.42. The van der Waals surface area contributed by atoms with Crippen LogP contribution in [0.4, 0.5) is 10.6 Å². The van der Waals surface area contributed by atoms with Gasteiger partial charge in [0, 0.05) is 37.9 Å². The minimum absolute atomic E-state index is 0.160. The number of ether oxygens (including phenoxy) is 1. The van der Waals surface area contributed by atoms with Crippen molar-refractivity contribution in [3.8, 4) is 0 Å². The fourth-order valence-corrected chi connectivity index (χ4v) is 2.95. The average molecular weight is 362 g/mol. The van der Waals surface area contributed by atoms with Gasteiger partial charge < -0.3 is 14.6 Å². The van der Waals surface area contributed by atoms with Gasteiger partial charge in [-0.05, 0) is 25.7 Å². The predicted octanol–water partition coefficient (Wildman–Crippen LogP) is 2.52. The molecule has 3 rings (SSSR count). The van der Waals surface area contributed by atoms with Crippen molar-refractivity contribution in [1.82, 2.24) is 25.2 Å². The molecule has 0 aliphatic carbocycles. The summed E-state index contributed by atoms with van der Waals surface area (Å²) in [4.78, 5) is 17.0. The second-order valence-electron chi connectivity index (χ2n) is 6.97. The molecule has 3 heterocycles. The lowest BCUT2D eigenvalue weighted by atomic mass is 9.91. The van der Waals surface area contributed by atoms with E-state index in [2.05, 4.69) is 25.9 Å². The Bertz CT molecular complexity index is 728. The van der Waals surface area contributed by atoms with Crippen LogP contribution in [-0.4, -0.2) is 39.2 Å². The van der Waals surface area contributed by atoms with Gasteiger partial charge >= 0.3 is 6.03 Å². The molecule has 1 unspecified atom stereocenters. The number of anilines is 1. The molecule has 0 spiro atoms. The topological polar surface area (TPSA) is 107 Å². The van der Waals surface area contributed by atoms with E-state index in [0.717, 1.165) is 18.5 Å². The van der Waals surface area contributed by atoms with E-state index in [9.17, 15) is 4.79 Å². The van der Waals surface area contributed by atoms with Crippen molar-refractivity contribution in [2.75, 3.05) is 18.5 Å². The predicted molar refractivity (Wildman–Crippen MR) is 94.8 cm³/mol. The van der Waals surface area contributed by atoms with Crippen LogP contribution in [0.1, 0.15) is 56.1 Å². The number of aryl methyl sites for hydroxylation is 2. The first-order valence-electron chi connectivity index (χ1n) is 8.93. The Labute approximate surface area is 152 Å². The highest BCUT2D eigenvalue weighted by Crippen LogP contribution is 2.30. The number of carbonyl (C=O) groups is 1. The Balaban J connectivity index is 1.74. The summed E-state index contributed by atoms with van der Waals surface area (Å²) in [6.45, 7) is 7.25. The third-order valence-corrected chi connectivity index (χ3v) is 4.62. The van der Waals surface area contributed by atoms with Gasteiger partial charge in [-0.2, -0.15) is 10.1 Å². The molecule has 0 radical (unpaired) electrons. The van der Waals surface area contributed by atoms with E-state index in [1.54, 1.807) is 4.68 Å². The van der Waals surface area contributed by atoms with E-state index in [4.69, 9.17) is 9.26 Å². The van der Waals surface area contributed by atoms with Crippen LogP contribution < -0.4 is 10.6 Å². The fourth-order valence-electron chi connectivity index (χ4n) is 2.95. The molecule has 1 saturated heterocycles. The summed E-state index contributed by atoms with van der Waals surface area (Å²) in [5, 5.41) is 14.0. The monoisotopic (exact) mass is 362 g/mol. The van der Waals surface area contributed by atoms with Crippen molar-refractivity contribution in [3.63, 3.8) is 0 Å². The maximum atomic E-state index is 12.5. The molecule has 0 bridgehead atoms. The number of urea groups is 1. The lowest BCUT2D eigenvalue weighted by Crippen LogP contribution is -2.38. The van der Waals surface area contributed by atoms with E-state index < -0.39 is 0 Å². The van der Waals surface area contributed by atoms with Gasteiger partial charge in [-0.1, -0.05) is 19.0 Å². The molecule has 26 heavy (non-hydrogen) atoms. The van der Waals surface area contributed by atoms with Crippen LogP contribution >= 0.6 is 0 Å². The van der Waals surface area contributed by atoms with Crippen molar-refractivity contribution in [3.05, 3.63) is 23.5 Å². The van der Waals surface area contributed by atoms with Crippen molar-refractivity contribution < 1.29 is 14.1 Å². The van der Waals surface area contributed by atoms with Crippen LogP contribution in [0.25, 0.3) is 0 Å². The largest absolute Gasteiger partial charge is 0.381 e. The first-order chi connectivity index (χ1) is 12.4. The van der Waals surface area contributed by atoms with Crippen LogP contribution in [0, 0.1) is 12.8 Å². The van der Waals surface area contributed by atoms with Crippen LogP contribution in [0.5, 0.6) is 0 Å². The summed E-state index contributed by atoms with van der Waals surface area (Å²) in [5.74, 6) is 1.92. The molecule has 9 nitrogen and oxygen atoms in total. The van der Waals surface area contributed by atoms with Crippen molar-refractivity contribution in [2.24, 2.45) is 13.0 Å². The Morgan fingerprint density at radius 1 is 1.35 bits per heavy atom. The van der Waals surface area contributed by atoms with E-state index in [1.165, 1.54) is 0 Å². The minimum Gasteiger partial charge on any atom is -0.381 e. The zero-order valence-electron chi connectivity index (χ0n) is 15.7. The molecule has 1 fully saturated rings. The number of hydrogen-bond acceptors (Lipinski definition) is 6. The molecule has 1 aliphatic rings. The van der Waals surface area contributed by atoms with Gasteiger partial charge in [0.25, 0.3) is 0 Å². The van der Waals surface area contributed by atoms with Crippen LogP contribution in [-0.2, 0) is 11.8 Å². The SMILES string of the molecule is Cc1cc(NC(=O)NC(c2nc(C(C)C)no2)C2CCOCC2)nn1C. The number of nitrogens with one attached hydrogen (secondary N) is 2. The summed E-state index contributed by atoms with van der Waals surface area (Å²) >= 11 is 0. The van der Waals surface area contributed by atoms with Gasteiger partial charge in [0.2, 0.25) is 5.89 Å². The first kappa shape index (κ1) is 18.4. The first-order valence-corrected chi connectivity index (χ1v) is 8.93. The van der Waals surface area contributed by atoms with Crippen molar-refractivity contribution >= 4 is 11.8 Å². The second kappa shape index (κ2) is 7.86. The Morgan fingerprint density at radius 3 is 2.65 bits per heavy atom. The van der Waals surface area contributed by atoms with E-state index in [-0.39, 0.29) is 23.9 Å². The van der Waals surface area contributed by atoms with Crippen LogP contribution in [0.15, 0.2) is 10.6 Å².